The van der Waals surface area contributed by atoms with E-state index in [2.05, 4.69) is 41.4 Å². The molecule has 1 aliphatic heterocycles. The Morgan fingerprint density at radius 1 is 1.24 bits per heavy atom. The first-order valence-corrected chi connectivity index (χ1v) is 8.38. The molecule has 2 fully saturated rings. The highest BCUT2D eigenvalue weighted by atomic mass is 16.2. The number of aryl methyl sites for hydroxylation is 1. The van der Waals surface area contributed by atoms with E-state index in [1.165, 1.54) is 24.8 Å². The van der Waals surface area contributed by atoms with Crippen molar-refractivity contribution in [2.45, 2.75) is 57.7 Å². The average Bonchev–Trinajstić information content (AvgIpc) is 2.78. The summed E-state index contributed by atoms with van der Waals surface area (Å²) < 4.78 is 0. The molecule has 1 saturated heterocycles. The highest BCUT2D eigenvalue weighted by Crippen LogP contribution is 2.29. The Kier molecular flexibility index (Phi) is 4.59. The van der Waals surface area contributed by atoms with Gasteiger partial charge in [0.2, 0.25) is 5.91 Å². The summed E-state index contributed by atoms with van der Waals surface area (Å²) in [6.07, 6.45) is 7.07. The fourth-order valence-electron chi connectivity index (χ4n) is 3.42. The SMILES string of the molecule is CCC1NC(CCc2ccccc2)C(=O)N1CC1CCC1. The molecular formula is C18H26N2O. The Labute approximate surface area is 127 Å². The molecule has 114 valence electrons. The van der Waals surface area contributed by atoms with Gasteiger partial charge < -0.3 is 4.90 Å². The lowest BCUT2D eigenvalue weighted by Crippen LogP contribution is -2.41. The van der Waals surface area contributed by atoms with Crippen LogP contribution >= 0.6 is 0 Å². The summed E-state index contributed by atoms with van der Waals surface area (Å²) in [6, 6.07) is 10.5. The Morgan fingerprint density at radius 2 is 2.00 bits per heavy atom. The van der Waals surface area contributed by atoms with Crippen LogP contribution in [0.5, 0.6) is 0 Å². The molecule has 3 heteroatoms. The molecule has 1 saturated carbocycles. The summed E-state index contributed by atoms with van der Waals surface area (Å²) in [5, 5.41) is 3.54. The van der Waals surface area contributed by atoms with E-state index in [-0.39, 0.29) is 12.2 Å². The molecule has 1 N–H and O–H groups in total. The van der Waals surface area contributed by atoms with Gasteiger partial charge in [0.1, 0.15) is 0 Å². The third-order valence-electron chi connectivity index (χ3n) is 4.98. The minimum Gasteiger partial charge on any atom is -0.326 e. The molecule has 0 bridgehead atoms. The first-order valence-electron chi connectivity index (χ1n) is 8.38. The number of hydrogen-bond donors (Lipinski definition) is 1. The van der Waals surface area contributed by atoms with Gasteiger partial charge in [-0.3, -0.25) is 10.1 Å². The van der Waals surface area contributed by atoms with Crippen molar-refractivity contribution in [1.29, 1.82) is 0 Å². The first kappa shape index (κ1) is 14.6. The summed E-state index contributed by atoms with van der Waals surface area (Å²) in [5.41, 5.74) is 1.32. The largest absolute Gasteiger partial charge is 0.326 e. The number of rotatable bonds is 6. The van der Waals surface area contributed by atoms with Crippen LogP contribution in [0.3, 0.4) is 0 Å². The van der Waals surface area contributed by atoms with Crippen LogP contribution in [0.15, 0.2) is 30.3 Å². The summed E-state index contributed by atoms with van der Waals surface area (Å²) >= 11 is 0. The highest BCUT2D eigenvalue weighted by Gasteiger charge is 2.38. The molecule has 0 aromatic heterocycles. The average molecular weight is 286 g/mol. The van der Waals surface area contributed by atoms with Crippen LogP contribution in [-0.4, -0.2) is 29.6 Å². The third-order valence-corrected chi connectivity index (χ3v) is 4.98. The lowest BCUT2D eigenvalue weighted by Gasteiger charge is -2.32. The van der Waals surface area contributed by atoms with Crippen molar-refractivity contribution in [3.63, 3.8) is 0 Å². The van der Waals surface area contributed by atoms with Gasteiger partial charge in [-0.25, -0.2) is 0 Å². The number of nitrogens with zero attached hydrogens (tertiary/aromatic N) is 1. The maximum absolute atomic E-state index is 12.6. The minimum atomic E-state index is 0.00947. The standard InChI is InChI=1S/C18H26N2O/c1-2-17-19-16(12-11-14-7-4-3-5-8-14)18(21)20(17)13-15-9-6-10-15/h3-5,7-8,15-17,19H,2,6,9-13H2,1H3. The van der Waals surface area contributed by atoms with E-state index in [4.69, 9.17) is 0 Å². The van der Waals surface area contributed by atoms with E-state index in [0.717, 1.165) is 31.7 Å². The molecule has 1 aromatic carbocycles. The first-order chi connectivity index (χ1) is 10.3. The zero-order valence-electron chi connectivity index (χ0n) is 12.9. The molecule has 1 heterocycles. The molecule has 2 unspecified atom stereocenters. The summed E-state index contributed by atoms with van der Waals surface area (Å²) in [7, 11) is 0. The van der Waals surface area contributed by atoms with Crippen LogP contribution in [0.4, 0.5) is 0 Å². The Hall–Kier alpha value is -1.35. The second-order valence-electron chi connectivity index (χ2n) is 6.46. The number of hydrogen-bond acceptors (Lipinski definition) is 2. The predicted molar refractivity (Wildman–Crippen MR) is 84.8 cm³/mol. The highest BCUT2D eigenvalue weighted by molar-refractivity contribution is 5.84. The topological polar surface area (TPSA) is 32.3 Å². The van der Waals surface area contributed by atoms with Crippen LogP contribution in [0.25, 0.3) is 0 Å². The van der Waals surface area contributed by atoms with E-state index in [1.54, 1.807) is 0 Å². The van der Waals surface area contributed by atoms with Gasteiger partial charge in [-0.05, 0) is 43.6 Å². The number of amides is 1. The quantitative estimate of drug-likeness (QED) is 0.872. The third kappa shape index (κ3) is 3.29. The molecule has 2 atom stereocenters. The molecule has 0 radical (unpaired) electrons. The maximum atomic E-state index is 12.6. The summed E-state index contributed by atoms with van der Waals surface area (Å²) in [6.45, 7) is 3.13. The van der Waals surface area contributed by atoms with Crippen molar-refractivity contribution in [1.82, 2.24) is 10.2 Å². The van der Waals surface area contributed by atoms with Crippen molar-refractivity contribution in [2.75, 3.05) is 6.54 Å². The van der Waals surface area contributed by atoms with Crippen molar-refractivity contribution < 1.29 is 4.79 Å². The second kappa shape index (κ2) is 6.61. The van der Waals surface area contributed by atoms with Crippen LogP contribution < -0.4 is 5.32 Å². The van der Waals surface area contributed by atoms with Gasteiger partial charge in [-0.1, -0.05) is 43.7 Å². The molecule has 1 amide bonds. The summed E-state index contributed by atoms with van der Waals surface area (Å²) in [4.78, 5) is 14.7. The van der Waals surface area contributed by atoms with Gasteiger partial charge >= 0.3 is 0 Å². The van der Waals surface area contributed by atoms with E-state index in [1.807, 2.05) is 6.07 Å². The van der Waals surface area contributed by atoms with Gasteiger partial charge in [0.25, 0.3) is 0 Å². The Balaban J connectivity index is 1.57. The van der Waals surface area contributed by atoms with Gasteiger partial charge in [-0.2, -0.15) is 0 Å². The van der Waals surface area contributed by atoms with Crippen molar-refractivity contribution in [3.8, 4) is 0 Å². The monoisotopic (exact) mass is 286 g/mol. The summed E-state index contributed by atoms with van der Waals surface area (Å²) in [5.74, 6) is 1.07. The van der Waals surface area contributed by atoms with Crippen molar-refractivity contribution >= 4 is 5.91 Å². The Bertz CT molecular complexity index is 469. The fourth-order valence-corrected chi connectivity index (χ4v) is 3.42. The van der Waals surface area contributed by atoms with E-state index in [9.17, 15) is 4.79 Å². The molecule has 21 heavy (non-hydrogen) atoms. The number of nitrogens with one attached hydrogen (secondary N) is 1. The maximum Gasteiger partial charge on any atom is 0.241 e. The molecule has 3 nitrogen and oxygen atoms in total. The smallest absolute Gasteiger partial charge is 0.241 e. The zero-order valence-corrected chi connectivity index (χ0v) is 12.9. The molecule has 1 aliphatic carbocycles. The lowest BCUT2D eigenvalue weighted by atomic mass is 9.85. The number of benzene rings is 1. The van der Waals surface area contributed by atoms with Crippen LogP contribution in [-0.2, 0) is 11.2 Å². The molecular weight excluding hydrogens is 260 g/mol. The van der Waals surface area contributed by atoms with Gasteiger partial charge in [0.15, 0.2) is 0 Å². The normalized spacial score (nSPS) is 26.1. The molecule has 3 rings (SSSR count). The Morgan fingerprint density at radius 3 is 2.62 bits per heavy atom. The second-order valence-corrected chi connectivity index (χ2v) is 6.46. The number of carbonyl (C=O) groups excluding carboxylic acids is 1. The molecule has 2 aliphatic rings. The van der Waals surface area contributed by atoms with Gasteiger partial charge in [0.05, 0.1) is 12.2 Å². The van der Waals surface area contributed by atoms with Crippen LogP contribution in [0.2, 0.25) is 0 Å². The molecule has 0 spiro atoms. The molecule has 1 aromatic rings. The number of carbonyl (C=O) groups is 1. The van der Waals surface area contributed by atoms with Gasteiger partial charge in [-0.15, -0.1) is 0 Å². The van der Waals surface area contributed by atoms with E-state index in [0.29, 0.717) is 5.91 Å². The zero-order chi connectivity index (χ0) is 14.7. The minimum absolute atomic E-state index is 0.00947. The van der Waals surface area contributed by atoms with Crippen LogP contribution in [0, 0.1) is 5.92 Å². The fraction of sp³-hybridized carbons (Fsp3) is 0.611. The van der Waals surface area contributed by atoms with Crippen LogP contribution in [0.1, 0.15) is 44.6 Å². The van der Waals surface area contributed by atoms with Crippen molar-refractivity contribution in [2.24, 2.45) is 5.92 Å². The lowest BCUT2D eigenvalue weighted by molar-refractivity contribution is -0.131. The van der Waals surface area contributed by atoms with E-state index >= 15 is 0 Å². The predicted octanol–water partition coefficient (Wildman–Crippen LogP) is 2.96. The van der Waals surface area contributed by atoms with E-state index < -0.39 is 0 Å². The van der Waals surface area contributed by atoms with Crippen molar-refractivity contribution in [3.05, 3.63) is 35.9 Å². The van der Waals surface area contributed by atoms with Gasteiger partial charge in [0, 0.05) is 6.54 Å².